The van der Waals surface area contributed by atoms with Crippen LogP contribution in [0, 0.1) is 10.1 Å². The molecule has 1 aromatic carbocycles. The first-order chi connectivity index (χ1) is 9.99. The third kappa shape index (κ3) is 3.35. The minimum atomic E-state index is -0.602. The maximum Gasteiger partial charge on any atom is 0.282 e. The van der Waals surface area contributed by atoms with Gasteiger partial charge in [-0.15, -0.1) is 0 Å². The van der Waals surface area contributed by atoms with Gasteiger partial charge in [-0.25, -0.2) is 0 Å². The predicted octanol–water partition coefficient (Wildman–Crippen LogP) is 0.883. The molecule has 8 nitrogen and oxygen atoms in total. The summed E-state index contributed by atoms with van der Waals surface area (Å²) in [6.45, 7) is 0.352. The zero-order valence-electron chi connectivity index (χ0n) is 11.4. The summed E-state index contributed by atoms with van der Waals surface area (Å²) in [7, 11) is 1.81. The van der Waals surface area contributed by atoms with Crippen molar-refractivity contribution in [2.24, 2.45) is 7.05 Å². The number of benzene rings is 1. The Hall–Kier alpha value is -2.90. The fourth-order valence-corrected chi connectivity index (χ4v) is 1.94. The van der Waals surface area contributed by atoms with E-state index in [4.69, 9.17) is 5.73 Å². The van der Waals surface area contributed by atoms with Gasteiger partial charge in [0.25, 0.3) is 11.6 Å². The fourth-order valence-electron chi connectivity index (χ4n) is 1.94. The molecule has 0 spiro atoms. The summed E-state index contributed by atoms with van der Waals surface area (Å²) in [6.07, 6.45) is 2.25. The second kappa shape index (κ2) is 6.04. The van der Waals surface area contributed by atoms with E-state index in [1.54, 1.807) is 17.9 Å². The van der Waals surface area contributed by atoms with Crippen molar-refractivity contribution in [3.05, 3.63) is 51.8 Å². The number of hydrogen-bond donors (Lipinski definition) is 2. The second-order valence-electron chi connectivity index (χ2n) is 4.49. The predicted molar refractivity (Wildman–Crippen MR) is 76.8 cm³/mol. The van der Waals surface area contributed by atoms with Crippen LogP contribution in [0.15, 0.2) is 30.5 Å². The molecular weight excluding hydrogens is 274 g/mol. The molecule has 2 aromatic rings. The number of hydrogen-bond acceptors (Lipinski definition) is 5. The van der Waals surface area contributed by atoms with Gasteiger partial charge >= 0.3 is 0 Å². The van der Waals surface area contributed by atoms with Gasteiger partial charge in [-0.05, 0) is 18.2 Å². The van der Waals surface area contributed by atoms with E-state index >= 15 is 0 Å². The van der Waals surface area contributed by atoms with E-state index in [0.717, 1.165) is 5.69 Å². The van der Waals surface area contributed by atoms with E-state index in [2.05, 4.69) is 10.4 Å². The van der Waals surface area contributed by atoms with Gasteiger partial charge in [-0.3, -0.25) is 19.6 Å². The molecule has 1 heterocycles. The summed E-state index contributed by atoms with van der Waals surface area (Å²) in [5, 5.41) is 17.6. The van der Waals surface area contributed by atoms with Crippen molar-refractivity contribution >= 4 is 17.3 Å². The Kier molecular flexibility index (Phi) is 4.17. The van der Waals surface area contributed by atoms with E-state index in [9.17, 15) is 14.9 Å². The number of nitrogens with two attached hydrogens (primary N) is 1. The summed E-state index contributed by atoms with van der Waals surface area (Å²) in [6, 6.07) is 5.77. The highest BCUT2D eigenvalue weighted by Gasteiger charge is 2.19. The highest BCUT2D eigenvalue weighted by atomic mass is 16.6. The molecular formula is C13H15N5O3. The van der Waals surface area contributed by atoms with E-state index in [-0.39, 0.29) is 11.3 Å². The molecule has 0 unspecified atom stereocenters. The number of nitrogen functional groups attached to an aromatic ring is 1. The SMILES string of the molecule is Cn1nccc1CCNC(=O)c1cc(N)ccc1[N+](=O)[O-]. The lowest BCUT2D eigenvalue weighted by Gasteiger charge is -2.07. The molecule has 1 aromatic heterocycles. The molecule has 0 bridgehead atoms. The summed E-state index contributed by atoms with van der Waals surface area (Å²) >= 11 is 0. The third-order valence-corrected chi connectivity index (χ3v) is 3.05. The molecule has 0 saturated heterocycles. The van der Waals surface area contributed by atoms with Crippen LogP contribution in [-0.2, 0) is 13.5 Å². The molecule has 110 valence electrons. The van der Waals surface area contributed by atoms with Crippen LogP contribution >= 0.6 is 0 Å². The maximum atomic E-state index is 12.0. The van der Waals surface area contributed by atoms with Crippen LogP contribution in [0.25, 0.3) is 0 Å². The van der Waals surface area contributed by atoms with Crippen LogP contribution in [0.5, 0.6) is 0 Å². The molecule has 3 N–H and O–H groups in total. The number of nitrogens with one attached hydrogen (secondary N) is 1. The van der Waals surface area contributed by atoms with Crippen molar-refractivity contribution in [3.63, 3.8) is 0 Å². The normalized spacial score (nSPS) is 10.3. The van der Waals surface area contributed by atoms with Crippen LogP contribution in [-0.4, -0.2) is 27.2 Å². The summed E-state index contributed by atoms with van der Waals surface area (Å²) in [4.78, 5) is 22.4. The molecule has 0 aliphatic heterocycles. The molecule has 0 atom stereocenters. The molecule has 0 fully saturated rings. The quantitative estimate of drug-likeness (QED) is 0.481. The lowest BCUT2D eigenvalue weighted by atomic mass is 10.1. The van der Waals surface area contributed by atoms with Crippen molar-refractivity contribution in [1.29, 1.82) is 0 Å². The molecule has 0 radical (unpaired) electrons. The molecule has 21 heavy (non-hydrogen) atoms. The first-order valence-electron chi connectivity index (χ1n) is 6.28. The van der Waals surface area contributed by atoms with E-state index in [1.807, 2.05) is 6.07 Å². The Morgan fingerprint density at radius 3 is 2.86 bits per heavy atom. The first kappa shape index (κ1) is 14.5. The summed E-state index contributed by atoms with van der Waals surface area (Å²) in [5.74, 6) is -0.517. The minimum absolute atomic E-state index is 0.0370. The minimum Gasteiger partial charge on any atom is -0.399 e. The molecule has 0 aliphatic carbocycles. The third-order valence-electron chi connectivity index (χ3n) is 3.05. The number of amides is 1. The Morgan fingerprint density at radius 1 is 1.48 bits per heavy atom. The standard InChI is InChI=1S/C13H15N5O3/c1-17-10(5-7-16-17)4-6-15-13(19)11-8-9(14)2-3-12(11)18(20)21/h2-3,5,7-8H,4,6,14H2,1H3,(H,15,19). The number of carbonyl (C=O) groups excluding carboxylic acids is 1. The van der Waals surface area contributed by atoms with Gasteiger partial charge in [0, 0.05) is 43.7 Å². The Balaban J connectivity index is 2.05. The van der Waals surface area contributed by atoms with Crippen LogP contribution in [0.2, 0.25) is 0 Å². The van der Waals surface area contributed by atoms with Crippen LogP contribution < -0.4 is 11.1 Å². The lowest BCUT2D eigenvalue weighted by Crippen LogP contribution is -2.27. The topological polar surface area (TPSA) is 116 Å². The molecule has 0 saturated carbocycles. The van der Waals surface area contributed by atoms with Crippen molar-refractivity contribution in [2.75, 3.05) is 12.3 Å². The van der Waals surface area contributed by atoms with Crippen molar-refractivity contribution in [2.45, 2.75) is 6.42 Å². The van der Waals surface area contributed by atoms with Gasteiger partial charge in [-0.2, -0.15) is 5.10 Å². The second-order valence-corrected chi connectivity index (χ2v) is 4.49. The number of aromatic nitrogens is 2. The van der Waals surface area contributed by atoms with Crippen molar-refractivity contribution in [1.82, 2.24) is 15.1 Å². The van der Waals surface area contributed by atoms with Gasteiger partial charge in [-0.1, -0.05) is 0 Å². The van der Waals surface area contributed by atoms with Crippen molar-refractivity contribution in [3.8, 4) is 0 Å². The van der Waals surface area contributed by atoms with Gasteiger partial charge in [0.1, 0.15) is 5.56 Å². The Morgan fingerprint density at radius 2 is 2.24 bits per heavy atom. The average Bonchev–Trinajstić information content (AvgIpc) is 2.84. The van der Waals surface area contributed by atoms with Crippen LogP contribution in [0.3, 0.4) is 0 Å². The molecule has 1 amide bonds. The Labute approximate surface area is 120 Å². The monoisotopic (exact) mass is 289 g/mol. The summed E-state index contributed by atoms with van der Waals surface area (Å²) < 4.78 is 1.70. The Bertz CT molecular complexity index is 680. The number of nitrogens with zero attached hydrogens (tertiary/aromatic N) is 3. The highest BCUT2D eigenvalue weighted by Crippen LogP contribution is 2.20. The smallest absolute Gasteiger partial charge is 0.282 e. The lowest BCUT2D eigenvalue weighted by molar-refractivity contribution is -0.385. The van der Waals surface area contributed by atoms with Gasteiger partial charge in [0.2, 0.25) is 0 Å². The number of aryl methyl sites for hydroxylation is 1. The van der Waals surface area contributed by atoms with Gasteiger partial charge in [0.05, 0.1) is 4.92 Å². The zero-order valence-corrected chi connectivity index (χ0v) is 11.4. The van der Waals surface area contributed by atoms with Crippen LogP contribution in [0.1, 0.15) is 16.1 Å². The number of nitro groups is 1. The number of rotatable bonds is 5. The maximum absolute atomic E-state index is 12.0. The number of anilines is 1. The molecule has 0 aliphatic rings. The van der Waals surface area contributed by atoms with E-state index in [0.29, 0.717) is 18.7 Å². The highest BCUT2D eigenvalue weighted by molar-refractivity contribution is 5.99. The van der Waals surface area contributed by atoms with E-state index < -0.39 is 10.8 Å². The fraction of sp³-hybridized carbons (Fsp3) is 0.231. The first-order valence-corrected chi connectivity index (χ1v) is 6.28. The molecule has 8 heteroatoms. The number of carbonyl (C=O) groups is 1. The number of nitro benzene ring substituents is 1. The zero-order chi connectivity index (χ0) is 15.4. The van der Waals surface area contributed by atoms with E-state index in [1.165, 1.54) is 18.2 Å². The van der Waals surface area contributed by atoms with Gasteiger partial charge < -0.3 is 11.1 Å². The van der Waals surface area contributed by atoms with Crippen molar-refractivity contribution < 1.29 is 9.72 Å². The summed E-state index contributed by atoms with van der Waals surface area (Å²) in [5.41, 5.74) is 6.54. The average molecular weight is 289 g/mol. The van der Waals surface area contributed by atoms with Gasteiger partial charge in [0.15, 0.2) is 0 Å². The largest absolute Gasteiger partial charge is 0.399 e. The molecule has 2 rings (SSSR count). The van der Waals surface area contributed by atoms with Crippen LogP contribution in [0.4, 0.5) is 11.4 Å².